The minimum atomic E-state index is -0.937. The topological polar surface area (TPSA) is 86.5 Å². The highest BCUT2D eigenvalue weighted by Crippen LogP contribution is 2.24. The zero-order valence-electron chi connectivity index (χ0n) is 8.87. The number of anilines is 1. The molecule has 6 heteroatoms. The van der Waals surface area contributed by atoms with Crippen LogP contribution >= 0.6 is 0 Å². The summed E-state index contributed by atoms with van der Waals surface area (Å²) in [7, 11) is 0. The van der Waals surface area contributed by atoms with Gasteiger partial charge in [0.15, 0.2) is 0 Å². The van der Waals surface area contributed by atoms with Gasteiger partial charge in [-0.1, -0.05) is 0 Å². The second-order valence-electron chi connectivity index (χ2n) is 3.91. The second-order valence-corrected chi connectivity index (χ2v) is 3.91. The van der Waals surface area contributed by atoms with Crippen molar-refractivity contribution < 1.29 is 15.0 Å². The van der Waals surface area contributed by atoms with E-state index in [2.05, 4.69) is 9.97 Å². The van der Waals surface area contributed by atoms with Crippen LogP contribution in [-0.4, -0.2) is 44.8 Å². The number of hydrogen-bond donors (Lipinski definition) is 2. The summed E-state index contributed by atoms with van der Waals surface area (Å²) in [6, 6.07) is 1.01. The van der Waals surface area contributed by atoms with Gasteiger partial charge in [0.05, 0.1) is 6.10 Å². The number of aliphatic hydroxyl groups is 1. The van der Waals surface area contributed by atoms with E-state index in [0.717, 1.165) is 5.69 Å². The maximum atomic E-state index is 11.0. The van der Waals surface area contributed by atoms with Crippen LogP contribution in [0.1, 0.15) is 12.1 Å². The molecule has 0 amide bonds. The van der Waals surface area contributed by atoms with Gasteiger partial charge in [-0.05, 0) is 6.92 Å². The number of nitrogens with zero attached hydrogens (tertiary/aromatic N) is 3. The van der Waals surface area contributed by atoms with E-state index in [9.17, 15) is 9.90 Å². The average molecular weight is 223 g/mol. The van der Waals surface area contributed by atoms with Crippen LogP contribution in [0, 0.1) is 6.92 Å². The van der Waals surface area contributed by atoms with Gasteiger partial charge >= 0.3 is 5.97 Å². The molecule has 1 aliphatic rings. The average Bonchev–Trinajstić information content (AvgIpc) is 2.60. The number of aliphatic hydroxyl groups excluding tert-OH is 1. The van der Waals surface area contributed by atoms with E-state index >= 15 is 0 Å². The Morgan fingerprint density at radius 3 is 2.94 bits per heavy atom. The first-order valence-electron chi connectivity index (χ1n) is 5.04. The molecule has 2 atom stereocenters. The number of carboxylic acids is 1. The first-order chi connectivity index (χ1) is 7.58. The van der Waals surface area contributed by atoms with Gasteiger partial charge in [0.1, 0.15) is 18.2 Å². The highest BCUT2D eigenvalue weighted by molar-refractivity contribution is 5.78. The summed E-state index contributed by atoms with van der Waals surface area (Å²) >= 11 is 0. The van der Waals surface area contributed by atoms with E-state index in [-0.39, 0.29) is 6.42 Å². The van der Waals surface area contributed by atoms with Gasteiger partial charge < -0.3 is 15.1 Å². The molecule has 16 heavy (non-hydrogen) atoms. The summed E-state index contributed by atoms with van der Waals surface area (Å²) in [4.78, 5) is 20.6. The first-order valence-corrected chi connectivity index (χ1v) is 5.04. The molecule has 2 heterocycles. The molecule has 2 rings (SSSR count). The monoisotopic (exact) mass is 223 g/mol. The fourth-order valence-corrected chi connectivity index (χ4v) is 1.90. The number of aromatic nitrogens is 2. The van der Waals surface area contributed by atoms with E-state index in [4.69, 9.17) is 5.11 Å². The van der Waals surface area contributed by atoms with E-state index in [1.165, 1.54) is 6.33 Å². The predicted molar refractivity (Wildman–Crippen MR) is 56.2 cm³/mol. The van der Waals surface area contributed by atoms with Crippen LogP contribution in [-0.2, 0) is 4.79 Å². The number of aryl methyl sites for hydroxylation is 1. The maximum Gasteiger partial charge on any atom is 0.326 e. The largest absolute Gasteiger partial charge is 0.480 e. The van der Waals surface area contributed by atoms with Gasteiger partial charge in [-0.2, -0.15) is 0 Å². The molecular weight excluding hydrogens is 210 g/mol. The van der Waals surface area contributed by atoms with Crippen LogP contribution in [0.5, 0.6) is 0 Å². The molecule has 1 fully saturated rings. The van der Waals surface area contributed by atoms with Gasteiger partial charge in [0.2, 0.25) is 0 Å². The summed E-state index contributed by atoms with van der Waals surface area (Å²) in [5.74, 6) is -0.385. The molecule has 6 nitrogen and oxygen atoms in total. The van der Waals surface area contributed by atoms with E-state index in [0.29, 0.717) is 12.4 Å². The molecule has 2 N–H and O–H groups in total. The second kappa shape index (κ2) is 4.05. The third kappa shape index (κ3) is 1.96. The Labute approximate surface area is 92.6 Å². The number of rotatable bonds is 2. The lowest BCUT2D eigenvalue weighted by molar-refractivity contribution is -0.138. The van der Waals surface area contributed by atoms with E-state index in [1.807, 2.05) is 6.92 Å². The van der Waals surface area contributed by atoms with Crippen molar-refractivity contribution in [2.45, 2.75) is 25.5 Å². The van der Waals surface area contributed by atoms with E-state index < -0.39 is 18.1 Å². The lowest BCUT2D eigenvalue weighted by Gasteiger charge is -2.21. The van der Waals surface area contributed by atoms with Gasteiger partial charge in [0.25, 0.3) is 0 Å². The third-order valence-electron chi connectivity index (χ3n) is 2.65. The van der Waals surface area contributed by atoms with Gasteiger partial charge in [0, 0.05) is 24.7 Å². The van der Waals surface area contributed by atoms with Crippen molar-refractivity contribution in [2.24, 2.45) is 0 Å². The first kappa shape index (κ1) is 10.8. The van der Waals surface area contributed by atoms with Crippen molar-refractivity contribution in [3.63, 3.8) is 0 Å². The van der Waals surface area contributed by atoms with Crippen molar-refractivity contribution in [1.29, 1.82) is 0 Å². The molecule has 2 unspecified atom stereocenters. The molecule has 0 radical (unpaired) electrons. The fourth-order valence-electron chi connectivity index (χ4n) is 1.90. The lowest BCUT2D eigenvalue weighted by Crippen LogP contribution is -2.36. The number of β-amino-alcohol motifs (C(OH)–C–C–N with tert-alkyl or cyclic N) is 1. The number of carboxylic acid groups (broad SMARTS) is 1. The number of aliphatic carboxylic acids is 1. The highest BCUT2D eigenvalue weighted by Gasteiger charge is 2.36. The molecule has 1 saturated heterocycles. The Balaban J connectivity index is 2.28. The fraction of sp³-hybridized carbons (Fsp3) is 0.500. The Hall–Kier alpha value is -1.69. The molecule has 0 aliphatic carbocycles. The van der Waals surface area contributed by atoms with Crippen LogP contribution in [0.25, 0.3) is 0 Å². The lowest BCUT2D eigenvalue weighted by atomic mass is 10.2. The third-order valence-corrected chi connectivity index (χ3v) is 2.65. The molecule has 1 aliphatic heterocycles. The molecule has 0 spiro atoms. The Morgan fingerprint density at radius 2 is 2.31 bits per heavy atom. The summed E-state index contributed by atoms with van der Waals surface area (Å²) < 4.78 is 0. The van der Waals surface area contributed by atoms with Gasteiger partial charge in [-0.25, -0.2) is 14.8 Å². The molecule has 0 bridgehead atoms. The van der Waals surface area contributed by atoms with Gasteiger partial charge in [-0.15, -0.1) is 0 Å². The van der Waals surface area contributed by atoms with Crippen LogP contribution in [0.3, 0.4) is 0 Å². The predicted octanol–water partition coefficient (Wildman–Crippen LogP) is -0.191. The summed E-state index contributed by atoms with van der Waals surface area (Å²) in [6.45, 7) is 2.11. The van der Waals surface area contributed by atoms with Crippen molar-refractivity contribution in [3.05, 3.63) is 18.1 Å². The Kier molecular flexibility index (Phi) is 2.74. The summed E-state index contributed by atoms with van der Waals surface area (Å²) in [5, 5.41) is 18.5. The molecular formula is C10H13N3O3. The molecule has 0 aromatic carbocycles. The number of hydrogen-bond acceptors (Lipinski definition) is 5. The van der Waals surface area contributed by atoms with Crippen LogP contribution in [0.2, 0.25) is 0 Å². The highest BCUT2D eigenvalue weighted by atomic mass is 16.4. The Morgan fingerprint density at radius 1 is 1.56 bits per heavy atom. The van der Waals surface area contributed by atoms with Crippen LogP contribution in [0.4, 0.5) is 5.82 Å². The van der Waals surface area contributed by atoms with Crippen molar-refractivity contribution in [1.82, 2.24) is 9.97 Å². The zero-order chi connectivity index (χ0) is 11.7. The van der Waals surface area contributed by atoms with Crippen molar-refractivity contribution >= 4 is 11.8 Å². The zero-order valence-corrected chi connectivity index (χ0v) is 8.87. The SMILES string of the molecule is Cc1cc(N2CC(O)CC2C(=O)O)ncn1. The van der Waals surface area contributed by atoms with E-state index in [1.54, 1.807) is 11.0 Å². The summed E-state index contributed by atoms with van der Waals surface area (Å²) in [6.07, 6.45) is 1.02. The molecule has 1 aromatic heterocycles. The Bertz CT molecular complexity index is 410. The minimum Gasteiger partial charge on any atom is -0.480 e. The number of carbonyl (C=O) groups is 1. The van der Waals surface area contributed by atoms with Crippen LogP contribution < -0.4 is 4.90 Å². The standard InChI is InChI=1S/C10H13N3O3/c1-6-2-9(12-5-11-6)13-4-7(14)3-8(13)10(15)16/h2,5,7-8,14H,3-4H2,1H3,(H,15,16). The van der Waals surface area contributed by atoms with Crippen molar-refractivity contribution in [2.75, 3.05) is 11.4 Å². The summed E-state index contributed by atoms with van der Waals surface area (Å²) in [5.41, 5.74) is 0.774. The maximum absolute atomic E-state index is 11.0. The van der Waals surface area contributed by atoms with Crippen LogP contribution in [0.15, 0.2) is 12.4 Å². The molecule has 1 aromatic rings. The quantitative estimate of drug-likeness (QED) is 0.722. The molecule has 0 saturated carbocycles. The molecule has 86 valence electrons. The minimum absolute atomic E-state index is 0.235. The van der Waals surface area contributed by atoms with Gasteiger partial charge in [-0.3, -0.25) is 0 Å². The smallest absolute Gasteiger partial charge is 0.326 e. The normalized spacial score (nSPS) is 24.8. The van der Waals surface area contributed by atoms with Crippen molar-refractivity contribution in [3.8, 4) is 0 Å².